The molecule has 3 atom stereocenters. The summed E-state index contributed by atoms with van der Waals surface area (Å²) in [7, 11) is 0. The fraction of sp³-hybridized carbons (Fsp3) is 1.00. The molecule has 0 amide bonds. The van der Waals surface area contributed by atoms with E-state index in [1.165, 1.54) is 19.3 Å². The average Bonchev–Trinajstić information content (AvgIpc) is 2.23. The number of hydrogen-bond acceptors (Lipinski definition) is 1. The second-order valence-corrected chi connectivity index (χ2v) is 7.11. The van der Waals surface area contributed by atoms with Gasteiger partial charge in [0.1, 0.15) is 0 Å². The zero-order chi connectivity index (χ0) is 10.8. The van der Waals surface area contributed by atoms with E-state index in [2.05, 4.69) is 34.6 Å². The van der Waals surface area contributed by atoms with Gasteiger partial charge in [-0.15, -0.1) is 0 Å². The lowest BCUT2D eigenvalue weighted by molar-refractivity contribution is -0.0678. The van der Waals surface area contributed by atoms with Crippen LogP contribution >= 0.6 is 0 Å². The standard InChI is InChI=1S/C13H25N/c1-11(2)6-9-7-13(5,8-10(9)14)12(11,3)4/h9-10H,6-8,14H2,1-5H3. The molecule has 3 unspecified atom stereocenters. The van der Waals surface area contributed by atoms with Gasteiger partial charge in [-0.2, -0.15) is 0 Å². The third-order valence-corrected chi connectivity index (χ3v) is 5.98. The molecule has 0 aromatic carbocycles. The van der Waals surface area contributed by atoms with Crippen molar-refractivity contribution in [1.29, 1.82) is 0 Å². The third kappa shape index (κ3) is 1.05. The number of rotatable bonds is 0. The first-order chi connectivity index (χ1) is 6.20. The van der Waals surface area contributed by atoms with Crippen LogP contribution in [0, 0.1) is 22.2 Å². The summed E-state index contributed by atoms with van der Waals surface area (Å²) in [6, 6.07) is 0.459. The van der Waals surface area contributed by atoms with Gasteiger partial charge < -0.3 is 5.73 Å². The van der Waals surface area contributed by atoms with Gasteiger partial charge in [-0.3, -0.25) is 0 Å². The maximum absolute atomic E-state index is 6.25. The highest BCUT2D eigenvalue weighted by Crippen LogP contribution is 2.66. The molecule has 82 valence electrons. The van der Waals surface area contributed by atoms with Gasteiger partial charge >= 0.3 is 0 Å². The van der Waals surface area contributed by atoms with Gasteiger partial charge in [0.15, 0.2) is 0 Å². The van der Waals surface area contributed by atoms with Crippen LogP contribution in [0.25, 0.3) is 0 Å². The summed E-state index contributed by atoms with van der Waals surface area (Å²) in [6.07, 6.45) is 3.90. The molecule has 2 fully saturated rings. The van der Waals surface area contributed by atoms with Crippen LogP contribution in [0.2, 0.25) is 0 Å². The Balaban J connectivity index is 2.42. The topological polar surface area (TPSA) is 26.0 Å². The highest BCUT2D eigenvalue weighted by Gasteiger charge is 2.60. The Morgan fingerprint density at radius 2 is 1.50 bits per heavy atom. The molecule has 2 bridgehead atoms. The maximum Gasteiger partial charge on any atom is 0.00729 e. The molecule has 0 aliphatic heterocycles. The lowest BCUT2D eigenvalue weighted by Gasteiger charge is -2.56. The van der Waals surface area contributed by atoms with Crippen molar-refractivity contribution in [2.45, 2.75) is 59.9 Å². The van der Waals surface area contributed by atoms with Crippen LogP contribution in [-0.4, -0.2) is 6.04 Å². The van der Waals surface area contributed by atoms with E-state index in [0.29, 0.717) is 22.3 Å². The maximum atomic E-state index is 6.25. The number of fused-ring (bicyclic) bond motifs is 2. The minimum atomic E-state index is 0.421. The van der Waals surface area contributed by atoms with Gasteiger partial charge in [0, 0.05) is 6.04 Å². The molecule has 0 radical (unpaired) electrons. The van der Waals surface area contributed by atoms with Gasteiger partial charge in [-0.05, 0) is 41.4 Å². The fourth-order valence-electron chi connectivity index (χ4n) is 3.96. The van der Waals surface area contributed by atoms with Crippen LogP contribution in [0.3, 0.4) is 0 Å². The van der Waals surface area contributed by atoms with E-state index in [-0.39, 0.29) is 0 Å². The summed E-state index contributed by atoms with van der Waals surface area (Å²) in [5, 5.41) is 0. The summed E-state index contributed by atoms with van der Waals surface area (Å²) in [6.45, 7) is 12.2. The van der Waals surface area contributed by atoms with E-state index >= 15 is 0 Å². The van der Waals surface area contributed by atoms with Crippen LogP contribution in [0.1, 0.15) is 53.9 Å². The summed E-state index contributed by atoms with van der Waals surface area (Å²) in [5.74, 6) is 0.781. The highest BCUT2D eigenvalue weighted by molar-refractivity contribution is 5.11. The molecule has 2 rings (SSSR count). The molecule has 0 heterocycles. The molecule has 1 heteroatoms. The summed E-state index contributed by atoms with van der Waals surface area (Å²) in [5.41, 5.74) is 7.58. The Morgan fingerprint density at radius 3 is 2.07 bits per heavy atom. The van der Waals surface area contributed by atoms with Crippen LogP contribution in [0.5, 0.6) is 0 Å². The highest BCUT2D eigenvalue weighted by atomic mass is 14.8. The molecule has 2 aliphatic carbocycles. The molecule has 2 N–H and O–H groups in total. The Bertz CT molecular complexity index is 250. The van der Waals surface area contributed by atoms with Crippen molar-refractivity contribution in [2.75, 3.05) is 0 Å². The monoisotopic (exact) mass is 195 g/mol. The SMILES string of the molecule is CC1(C)CC2CC(C)(CC2N)C1(C)C. The Hall–Kier alpha value is -0.0400. The second-order valence-electron chi connectivity index (χ2n) is 7.11. The summed E-state index contributed by atoms with van der Waals surface area (Å²) in [4.78, 5) is 0. The van der Waals surface area contributed by atoms with Crippen LogP contribution in [0.15, 0.2) is 0 Å². The Kier molecular flexibility index (Phi) is 1.91. The van der Waals surface area contributed by atoms with E-state index in [4.69, 9.17) is 5.73 Å². The van der Waals surface area contributed by atoms with Crippen LogP contribution in [0.4, 0.5) is 0 Å². The zero-order valence-corrected chi connectivity index (χ0v) is 10.4. The van der Waals surface area contributed by atoms with Crippen molar-refractivity contribution in [3.8, 4) is 0 Å². The van der Waals surface area contributed by atoms with Gasteiger partial charge in [-0.25, -0.2) is 0 Å². The molecule has 0 aromatic rings. The quantitative estimate of drug-likeness (QED) is 0.631. The molecule has 0 aromatic heterocycles. The average molecular weight is 195 g/mol. The van der Waals surface area contributed by atoms with Gasteiger partial charge in [0.2, 0.25) is 0 Å². The third-order valence-electron chi connectivity index (χ3n) is 5.98. The molecule has 1 nitrogen and oxygen atoms in total. The van der Waals surface area contributed by atoms with Crippen molar-refractivity contribution in [3.63, 3.8) is 0 Å². The predicted molar refractivity (Wildman–Crippen MR) is 61.0 cm³/mol. The second kappa shape index (κ2) is 2.55. The van der Waals surface area contributed by atoms with E-state index in [9.17, 15) is 0 Å². The van der Waals surface area contributed by atoms with E-state index in [1.807, 2.05) is 0 Å². The summed E-state index contributed by atoms with van der Waals surface area (Å²) < 4.78 is 0. The molecular formula is C13H25N. The zero-order valence-electron chi connectivity index (χ0n) is 10.4. The van der Waals surface area contributed by atoms with Crippen molar-refractivity contribution in [1.82, 2.24) is 0 Å². The van der Waals surface area contributed by atoms with Crippen LogP contribution < -0.4 is 5.73 Å². The van der Waals surface area contributed by atoms with Crippen molar-refractivity contribution in [3.05, 3.63) is 0 Å². The lowest BCUT2D eigenvalue weighted by atomic mass is 9.49. The Morgan fingerprint density at radius 1 is 0.929 bits per heavy atom. The fourth-order valence-corrected chi connectivity index (χ4v) is 3.96. The first-order valence-corrected chi connectivity index (χ1v) is 5.95. The minimum Gasteiger partial charge on any atom is -0.327 e. The smallest absolute Gasteiger partial charge is 0.00729 e. The molecular weight excluding hydrogens is 170 g/mol. The first-order valence-electron chi connectivity index (χ1n) is 5.95. The van der Waals surface area contributed by atoms with Crippen molar-refractivity contribution >= 4 is 0 Å². The Labute approximate surface area is 88.4 Å². The summed E-state index contributed by atoms with van der Waals surface area (Å²) >= 11 is 0. The number of nitrogens with two attached hydrogens (primary N) is 1. The first kappa shape index (κ1) is 10.5. The largest absolute Gasteiger partial charge is 0.327 e. The van der Waals surface area contributed by atoms with E-state index in [1.54, 1.807) is 0 Å². The van der Waals surface area contributed by atoms with E-state index < -0.39 is 0 Å². The van der Waals surface area contributed by atoms with Crippen LogP contribution in [-0.2, 0) is 0 Å². The van der Waals surface area contributed by atoms with Crippen molar-refractivity contribution in [2.24, 2.45) is 27.9 Å². The van der Waals surface area contributed by atoms with Crippen molar-refractivity contribution < 1.29 is 0 Å². The normalized spacial score (nSPS) is 49.3. The lowest BCUT2D eigenvalue weighted by Crippen LogP contribution is -2.48. The minimum absolute atomic E-state index is 0.421. The molecule has 0 saturated heterocycles. The molecule has 14 heavy (non-hydrogen) atoms. The predicted octanol–water partition coefficient (Wildman–Crippen LogP) is 3.19. The van der Waals surface area contributed by atoms with Gasteiger partial charge in [0.25, 0.3) is 0 Å². The molecule has 2 aliphatic rings. The molecule has 2 saturated carbocycles. The van der Waals surface area contributed by atoms with Gasteiger partial charge in [0.05, 0.1) is 0 Å². The van der Waals surface area contributed by atoms with Gasteiger partial charge in [-0.1, -0.05) is 34.6 Å². The van der Waals surface area contributed by atoms with E-state index in [0.717, 1.165) is 5.92 Å². The number of hydrogen-bond donors (Lipinski definition) is 1. The molecule has 0 spiro atoms.